The first-order chi connectivity index (χ1) is 6.51. The quantitative estimate of drug-likeness (QED) is 0.638. The Bertz CT molecular complexity index is 233. The zero-order valence-corrected chi connectivity index (χ0v) is 8.28. The number of esters is 1. The van der Waals surface area contributed by atoms with Gasteiger partial charge >= 0.3 is 11.9 Å². The Morgan fingerprint density at radius 2 is 1.86 bits per heavy atom. The molecule has 5 nitrogen and oxygen atoms in total. The number of carbonyl (C=O) groups is 3. The SMILES string of the molecule is CCC(=O)C(CC(=O)O)CC(=O)OC. The minimum absolute atomic E-state index is 0.157. The molecule has 0 amide bonds. The molecule has 0 aromatic rings. The van der Waals surface area contributed by atoms with Crippen molar-refractivity contribution in [3.63, 3.8) is 0 Å². The molecule has 1 atom stereocenters. The highest BCUT2D eigenvalue weighted by molar-refractivity contribution is 5.88. The van der Waals surface area contributed by atoms with E-state index >= 15 is 0 Å². The number of carbonyl (C=O) groups excluding carboxylic acids is 2. The second-order valence-electron chi connectivity index (χ2n) is 2.89. The van der Waals surface area contributed by atoms with Gasteiger partial charge in [0.2, 0.25) is 0 Å². The fourth-order valence-corrected chi connectivity index (χ4v) is 1.08. The van der Waals surface area contributed by atoms with Crippen LogP contribution < -0.4 is 0 Å². The van der Waals surface area contributed by atoms with Crippen LogP contribution in [0.3, 0.4) is 0 Å². The molecular weight excluding hydrogens is 188 g/mol. The predicted molar refractivity (Wildman–Crippen MR) is 47.7 cm³/mol. The van der Waals surface area contributed by atoms with Crippen molar-refractivity contribution in [2.45, 2.75) is 26.2 Å². The average molecular weight is 202 g/mol. The summed E-state index contributed by atoms with van der Waals surface area (Å²) in [5.74, 6) is -2.62. The molecule has 0 radical (unpaired) electrons. The summed E-state index contributed by atoms with van der Waals surface area (Å²) in [5.41, 5.74) is 0. The zero-order valence-electron chi connectivity index (χ0n) is 8.28. The van der Waals surface area contributed by atoms with E-state index in [-0.39, 0.29) is 25.0 Å². The Morgan fingerprint density at radius 1 is 1.29 bits per heavy atom. The van der Waals surface area contributed by atoms with Crippen LogP contribution in [0.4, 0.5) is 0 Å². The van der Waals surface area contributed by atoms with E-state index in [2.05, 4.69) is 4.74 Å². The highest BCUT2D eigenvalue weighted by atomic mass is 16.5. The first kappa shape index (κ1) is 12.6. The molecule has 80 valence electrons. The molecule has 0 aromatic heterocycles. The summed E-state index contributed by atoms with van der Waals surface area (Å²) >= 11 is 0. The highest BCUT2D eigenvalue weighted by Crippen LogP contribution is 2.13. The van der Waals surface area contributed by atoms with Crippen molar-refractivity contribution in [2.75, 3.05) is 7.11 Å². The van der Waals surface area contributed by atoms with Crippen molar-refractivity contribution in [1.82, 2.24) is 0 Å². The Balaban J connectivity index is 4.31. The number of hydrogen-bond donors (Lipinski definition) is 1. The molecule has 0 aromatic carbocycles. The minimum atomic E-state index is -1.08. The lowest BCUT2D eigenvalue weighted by atomic mass is 9.95. The molecule has 0 fully saturated rings. The topological polar surface area (TPSA) is 80.7 Å². The van der Waals surface area contributed by atoms with Crippen LogP contribution in [0.25, 0.3) is 0 Å². The number of rotatable bonds is 6. The molecule has 0 aliphatic rings. The summed E-state index contributed by atoms with van der Waals surface area (Å²) in [5, 5.41) is 8.51. The molecule has 0 aliphatic heterocycles. The summed E-state index contributed by atoms with van der Waals surface area (Å²) in [6.45, 7) is 1.63. The van der Waals surface area contributed by atoms with Crippen molar-refractivity contribution in [1.29, 1.82) is 0 Å². The van der Waals surface area contributed by atoms with Gasteiger partial charge in [-0.15, -0.1) is 0 Å². The molecule has 0 aliphatic carbocycles. The molecule has 1 N–H and O–H groups in total. The van der Waals surface area contributed by atoms with Crippen LogP contribution in [0.15, 0.2) is 0 Å². The van der Waals surface area contributed by atoms with Crippen molar-refractivity contribution in [3.05, 3.63) is 0 Å². The van der Waals surface area contributed by atoms with Gasteiger partial charge in [0, 0.05) is 12.3 Å². The van der Waals surface area contributed by atoms with E-state index in [0.717, 1.165) is 0 Å². The number of carboxylic acids is 1. The number of aliphatic carboxylic acids is 1. The number of carboxylic acid groups (broad SMARTS) is 1. The van der Waals surface area contributed by atoms with Crippen molar-refractivity contribution < 1.29 is 24.2 Å². The molecule has 5 heteroatoms. The van der Waals surface area contributed by atoms with E-state index in [9.17, 15) is 14.4 Å². The Kier molecular flexibility index (Phi) is 5.52. The Morgan fingerprint density at radius 3 is 2.21 bits per heavy atom. The predicted octanol–water partition coefficient (Wildman–Crippen LogP) is 0.619. The van der Waals surface area contributed by atoms with Gasteiger partial charge in [-0.3, -0.25) is 14.4 Å². The van der Waals surface area contributed by atoms with E-state index in [4.69, 9.17) is 5.11 Å². The van der Waals surface area contributed by atoms with Gasteiger partial charge in [-0.25, -0.2) is 0 Å². The van der Waals surface area contributed by atoms with Crippen molar-refractivity contribution in [3.8, 4) is 0 Å². The summed E-state index contributed by atoms with van der Waals surface area (Å²) in [7, 11) is 1.20. The molecule has 0 spiro atoms. The lowest BCUT2D eigenvalue weighted by Gasteiger charge is -2.10. The number of hydrogen-bond acceptors (Lipinski definition) is 4. The molecule has 0 heterocycles. The third-order valence-electron chi connectivity index (χ3n) is 1.87. The molecule has 0 bridgehead atoms. The van der Waals surface area contributed by atoms with E-state index < -0.39 is 17.9 Å². The van der Waals surface area contributed by atoms with Gasteiger partial charge in [-0.2, -0.15) is 0 Å². The fraction of sp³-hybridized carbons (Fsp3) is 0.667. The van der Waals surface area contributed by atoms with Crippen LogP contribution >= 0.6 is 0 Å². The smallest absolute Gasteiger partial charge is 0.306 e. The molecular formula is C9H14O5. The average Bonchev–Trinajstić information content (AvgIpc) is 2.14. The molecule has 0 saturated heterocycles. The maximum absolute atomic E-state index is 11.2. The lowest BCUT2D eigenvalue weighted by molar-refractivity contribution is -0.146. The van der Waals surface area contributed by atoms with Crippen molar-refractivity contribution >= 4 is 17.7 Å². The van der Waals surface area contributed by atoms with Crippen LogP contribution in [0.1, 0.15) is 26.2 Å². The third kappa shape index (κ3) is 4.59. The molecule has 0 rings (SSSR count). The second kappa shape index (κ2) is 6.12. The van der Waals surface area contributed by atoms with Gasteiger partial charge in [0.15, 0.2) is 0 Å². The van der Waals surface area contributed by atoms with Gasteiger partial charge in [0.25, 0.3) is 0 Å². The van der Waals surface area contributed by atoms with E-state index in [0.29, 0.717) is 0 Å². The number of ether oxygens (including phenoxy) is 1. The van der Waals surface area contributed by atoms with Crippen LogP contribution in [0.5, 0.6) is 0 Å². The fourth-order valence-electron chi connectivity index (χ4n) is 1.08. The Labute approximate surface area is 82.1 Å². The molecule has 14 heavy (non-hydrogen) atoms. The summed E-state index contributed by atoms with van der Waals surface area (Å²) in [4.78, 5) is 32.5. The van der Waals surface area contributed by atoms with Crippen LogP contribution in [0, 0.1) is 5.92 Å². The third-order valence-corrected chi connectivity index (χ3v) is 1.87. The number of methoxy groups -OCH3 is 1. The van der Waals surface area contributed by atoms with E-state index in [1.807, 2.05) is 0 Å². The maximum Gasteiger partial charge on any atom is 0.306 e. The van der Waals surface area contributed by atoms with Crippen LogP contribution in [-0.2, 0) is 19.1 Å². The highest BCUT2D eigenvalue weighted by Gasteiger charge is 2.23. The van der Waals surface area contributed by atoms with Gasteiger partial charge < -0.3 is 9.84 Å². The maximum atomic E-state index is 11.2. The van der Waals surface area contributed by atoms with Gasteiger partial charge in [-0.05, 0) is 0 Å². The molecule has 1 unspecified atom stereocenters. The summed E-state index contributed by atoms with van der Waals surface area (Å²) < 4.78 is 4.37. The minimum Gasteiger partial charge on any atom is -0.481 e. The van der Waals surface area contributed by atoms with Gasteiger partial charge in [-0.1, -0.05) is 6.92 Å². The van der Waals surface area contributed by atoms with Gasteiger partial charge in [0.05, 0.1) is 20.0 Å². The van der Waals surface area contributed by atoms with E-state index in [1.54, 1.807) is 6.92 Å². The largest absolute Gasteiger partial charge is 0.481 e. The molecule has 0 saturated carbocycles. The lowest BCUT2D eigenvalue weighted by Crippen LogP contribution is -2.21. The van der Waals surface area contributed by atoms with Crippen LogP contribution in [-0.4, -0.2) is 29.9 Å². The Hall–Kier alpha value is -1.39. The van der Waals surface area contributed by atoms with E-state index in [1.165, 1.54) is 7.11 Å². The van der Waals surface area contributed by atoms with Gasteiger partial charge in [0.1, 0.15) is 5.78 Å². The first-order valence-electron chi connectivity index (χ1n) is 4.32. The summed E-state index contributed by atoms with van der Waals surface area (Å²) in [6.07, 6.45) is -0.244. The second-order valence-corrected chi connectivity index (χ2v) is 2.89. The number of Topliss-reactive ketones (excluding diaryl/α,β-unsaturated/α-hetero) is 1. The van der Waals surface area contributed by atoms with Crippen LogP contribution in [0.2, 0.25) is 0 Å². The normalized spacial score (nSPS) is 11.9. The standard InChI is InChI=1S/C9H14O5/c1-3-7(10)6(4-8(11)12)5-9(13)14-2/h6H,3-5H2,1-2H3,(H,11,12). The first-order valence-corrected chi connectivity index (χ1v) is 4.32. The monoisotopic (exact) mass is 202 g/mol. The zero-order chi connectivity index (χ0) is 11.1. The van der Waals surface area contributed by atoms with Crippen molar-refractivity contribution in [2.24, 2.45) is 5.92 Å². The summed E-state index contributed by atoms with van der Waals surface area (Å²) in [6, 6.07) is 0. The number of ketones is 1.